The van der Waals surface area contributed by atoms with Gasteiger partial charge in [0.2, 0.25) is 0 Å². The van der Waals surface area contributed by atoms with Crippen molar-refractivity contribution in [3.63, 3.8) is 0 Å². The number of nitrogens with one attached hydrogen (secondary N) is 1. The van der Waals surface area contributed by atoms with Gasteiger partial charge in [-0.1, -0.05) is 6.07 Å². The Morgan fingerprint density at radius 1 is 1.26 bits per heavy atom. The second kappa shape index (κ2) is 4.80. The van der Waals surface area contributed by atoms with Crippen LogP contribution in [0, 0.1) is 12.7 Å². The zero-order valence-corrected chi connectivity index (χ0v) is 11.5. The number of halogens is 1. The van der Waals surface area contributed by atoms with Crippen molar-refractivity contribution in [2.75, 3.05) is 11.9 Å². The largest absolute Gasteiger partial charge is 0.384 e. The predicted molar refractivity (Wildman–Crippen MR) is 77.2 cm³/mol. The van der Waals surface area contributed by atoms with Crippen molar-refractivity contribution >= 4 is 16.6 Å². The molecule has 0 radical (unpaired) electrons. The molecule has 1 aromatic carbocycles. The molecule has 2 aromatic rings. The molecule has 1 heterocycles. The molecule has 0 amide bonds. The quantitative estimate of drug-likeness (QED) is 0.881. The summed E-state index contributed by atoms with van der Waals surface area (Å²) in [6, 6.07) is 3.37. The number of nitrogens with zero attached hydrogens (tertiary/aromatic N) is 1. The molecule has 3 heteroatoms. The maximum Gasteiger partial charge on any atom is 0.149 e. The van der Waals surface area contributed by atoms with Crippen molar-refractivity contribution in [3.8, 4) is 0 Å². The van der Waals surface area contributed by atoms with Crippen LogP contribution in [-0.4, -0.2) is 11.5 Å². The van der Waals surface area contributed by atoms with Gasteiger partial charge in [-0.2, -0.15) is 0 Å². The van der Waals surface area contributed by atoms with Crippen LogP contribution in [-0.2, 0) is 12.8 Å². The summed E-state index contributed by atoms with van der Waals surface area (Å²) >= 11 is 0. The lowest BCUT2D eigenvalue weighted by molar-refractivity contribution is 0.631. The third-order valence-electron chi connectivity index (χ3n) is 3.93. The molecular weight excluding hydrogens is 239 g/mol. The molecule has 100 valence electrons. The average Bonchev–Trinajstić information content (AvgIpc) is 2.43. The van der Waals surface area contributed by atoms with E-state index in [0.29, 0.717) is 5.52 Å². The Bertz CT molecular complexity index is 634. The molecule has 0 atom stereocenters. The fourth-order valence-electron chi connectivity index (χ4n) is 3.03. The van der Waals surface area contributed by atoms with Crippen LogP contribution in [0.1, 0.15) is 36.6 Å². The van der Waals surface area contributed by atoms with Crippen LogP contribution in [0.2, 0.25) is 0 Å². The summed E-state index contributed by atoms with van der Waals surface area (Å²) in [6.07, 6.45) is 4.38. The van der Waals surface area contributed by atoms with Gasteiger partial charge in [0.1, 0.15) is 11.3 Å². The number of rotatable bonds is 2. The Hall–Kier alpha value is -1.64. The monoisotopic (exact) mass is 258 g/mol. The van der Waals surface area contributed by atoms with Gasteiger partial charge in [-0.25, -0.2) is 9.37 Å². The Labute approximate surface area is 113 Å². The van der Waals surface area contributed by atoms with E-state index in [4.69, 9.17) is 0 Å². The topological polar surface area (TPSA) is 24.9 Å². The van der Waals surface area contributed by atoms with E-state index in [2.05, 4.69) is 17.2 Å². The molecule has 3 rings (SSSR count). The summed E-state index contributed by atoms with van der Waals surface area (Å²) in [6.45, 7) is 4.96. The maximum absolute atomic E-state index is 14.1. The highest BCUT2D eigenvalue weighted by atomic mass is 19.1. The standard InChI is InChI=1S/C16H19FN2/c1-3-18-15-11-6-4-5-7-13(11)19-16-12(17)9-8-10(2)14(15)16/h8-9H,3-7H2,1-2H3,(H,18,19). The minimum Gasteiger partial charge on any atom is -0.384 e. The molecular formula is C16H19FN2. The summed E-state index contributed by atoms with van der Waals surface area (Å²) < 4.78 is 14.1. The predicted octanol–water partition coefficient (Wildman–Crippen LogP) is 3.99. The Morgan fingerprint density at radius 2 is 2.05 bits per heavy atom. The molecule has 1 aliphatic rings. The van der Waals surface area contributed by atoms with Crippen LogP contribution in [0.3, 0.4) is 0 Å². The van der Waals surface area contributed by atoms with Gasteiger partial charge in [-0.3, -0.25) is 0 Å². The van der Waals surface area contributed by atoms with Crippen LogP contribution < -0.4 is 5.32 Å². The molecule has 0 aliphatic heterocycles. The fraction of sp³-hybridized carbons (Fsp3) is 0.438. The number of fused-ring (bicyclic) bond motifs is 2. The van der Waals surface area contributed by atoms with Crippen LogP contribution in [0.25, 0.3) is 10.9 Å². The molecule has 1 N–H and O–H groups in total. The molecule has 2 nitrogen and oxygen atoms in total. The maximum atomic E-state index is 14.1. The van der Waals surface area contributed by atoms with Gasteiger partial charge in [-0.15, -0.1) is 0 Å². The Kier molecular flexibility index (Phi) is 3.13. The van der Waals surface area contributed by atoms with E-state index >= 15 is 0 Å². The molecule has 0 spiro atoms. The third kappa shape index (κ3) is 1.97. The van der Waals surface area contributed by atoms with Gasteiger partial charge in [0.15, 0.2) is 0 Å². The average molecular weight is 258 g/mol. The van der Waals surface area contributed by atoms with E-state index in [-0.39, 0.29) is 5.82 Å². The number of aromatic nitrogens is 1. The van der Waals surface area contributed by atoms with Crippen molar-refractivity contribution in [2.45, 2.75) is 39.5 Å². The first-order valence-corrected chi connectivity index (χ1v) is 7.06. The van der Waals surface area contributed by atoms with Crippen molar-refractivity contribution in [1.29, 1.82) is 0 Å². The van der Waals surface area contributed by atoms with Crippen LogP contribution >= 0.6 is 0 Å². The van der Waals surface area contributed by atoms with E-state index in [1.54, 1.807) is 0 Å². The number of anilines is 1. The minimum atomic E-state index is -0.215. The first-order valence-electron chi connectivity index (χ1n) is 7.06. The molecule has 0 saturated carbocycles. The highest BCUT2D eigenvalue weighted by Crippen LogP contribution is 2.35. The zero-order chi connectivity index (χ0) is 13.4. The molecule has 1 aromatic heterocycles. The highest BCUT2D eigenvalue weighted by Gasteiger charge is 2.20. The summed E-state index contributed by atoms with van der Waals surface area (Å²) in [5, 5.41) is 4.40. The third-order valence-corrected chi connectivity index (χ3v) is 3.93. The van der Waals surface area contributed by atoms with Gasteiger partial charge in [0.05, 0.1) is 0 Å². The number of benzene rings is 1. The number of aryl methyl sites for hydroxylation is 2. The molecule has 0 bridgehead atoms. The normalized spacial score (nSPS) is 14.5. The lowest BCUT2D eigenvalue weighted by atomic mass is 9.91. The molecule has 0 saturated heterocycles. The van der Waals surface area contributed by atoms with E-state index < -0.39 is 0 Å². The van der Waals surface area contributed by atoms with Crippen LogP contribution in [0.15, 0.2) is 12.1 Å². The number of pyridine rings is 1. The second-order valence-electron chi connectivity index (χ2n) is 5.24. The van der Waals surface area contributed by atoms with Gasteiger partial charge in [0, 0.05) is 23.3 Å². The molecule has 1 aliphatic carbocycles. The van der Waals surface area contributed by atoms with Crippen LogP contribution in [0.4, 0.5) is 10.1 Å². The highest BCUT2D eigenvalue weighted by molar-refractivity contribution is 5.96. The van der Waals surface area contributed by atoms with Crippen molar-refractivity contribution in [1.82, 2.24) is 4.98 Å². The zero-order valence-electron chi connectivity index (χ0n) is 11.5. The van der Waals surface area contributed by atoms with Gasteiger partial charge in [0.25, 0.3) is 0 Å². The molecule has 0 fully saturated rings. The van der Waals surface area contributed by atoms with Crippen molar-refractivity contribution < 1.29 is 4.39 Å². The lowest BCUT2D eigenvalue weighted by Crippen LogP contribution is -2.12. The Balaban J connectivity index is 2.39. The van der Waals surface area contributed by atoms with Gasteiger partial charge in [-0.05, 0) is 56.7 Å². The van der Waals surface area contributed by atoms with E-state index in [9.17, 15) is 4.39 Å². The van der Waals surface area contributed by atoms with Crippen molar-refractivity contribution in [2.24, 2.45) is 0 Å². The van der Waals surface area contributed by atoms with E-state index in [1.807, 2.05) is 13.0 Å². The summed E-state index contributed by atoms with van der Waals surface area (Å²) in [7, 11) is 0. The number of hydrogen-bond acceptors (Lipinski definition) is 2. The minimum absolute atomic E-state index is 0.215. The van der Waals surface area contributed by atoms with E-state index in [0.717, 1.165) is 48.1 Å². The summed E-state index contributed by atoms with van der Waals surface area (Å²) in [5.41, 5.74) is 5.11. The number of hydrogen-bond donors (Lipinski definition) is 1. The van der Waals surface area contributed by atoms with Gasteiger partial charge >= 0.3 is 0 Å². The lowest BCUT2D eigenvalue weighted by Gasteiger charge is -2.22. The molecule has 0 unspecified atom stereocenters. The smallest absolute Gasteiger partial charge is 0.149 e. The molecule has 19 heavy (non-hydrogen) atoms. The summed E-state index contributed by atoms with van der Waals surface area (Å²) in [4.78, 5) is 4.60. The first kappa shape index (κ1) is 12.4. The Morgan fingerprint density at radius 3 is 2.84 bits per heavy atom. The van der Waals surface area contributed by atoms with Crippen molar-refractivity contribution in [3.05, 3.63) is 34.8 Å². The summed E-state index contributed by atoms with van der Waals surface area (Å²) in [5.74, 6) is -0.215. The van der Waals surface area contributed by atoms with Gasteiger partial charge < -0.3 is 5.32 Å². The SMILES string of the molecule is CCNc1c2c(nc3c(F)ccc(C)c13)CCCC2. The fourth-order valence-corrected chi connectivity index (χ4v) is 3.03. The van der Waals surface area contributed by atoms with Crippen LogP contribution in [0.5, 0.6) is 0 Å². The first-order chi connectivity index (χ1) is 9.22. The van der Waals surface area contributed by atoms with E-state index in [1.165, 1.54) is 18.1 Å². The second-order valence-corrected chi connectivity index (χ2v) is 5.24.